The number of benzene rings is 1. The van der Waals surface area contributed by atoms with E-state index in [2.05, 4.69) is 15.5 Å². The minimum Gasteiger partial charge on any atom is -0.480 e. The third-order valence-electron chi connectivity index (χ3n) is 2.11. The first-order chi connectivity index (χ1) is 9.47. The molecule has 0 saturated carbocycles. The number of hydrogen-bond donors (Lipinski definition) is 1. The number of rotatable bonds is 5. The molecular formula is C9H6ClN5O4S. The van der Waals surface area contributed by atoms with Gasteiger partial charge in [-0.25, -0.2) is 4.68 Å². The Bertz CT molecular complexity index is 676. The molecule has 0 saturated heterocycles. The van der Waals surface area contributed by atoms with Gasteiger partial charge in [-0.05, 0) is 28.3 Å². The lowest BCUT2D eigenvalue weighted by molar-refractivity contribution is -0.384. The summed E-state index contributed by atoms with van der Waals surface area (Å²) >= 11 is 6.95. The summed E-state index contributed by atoms with van der Waals surface area (Å²) in [5.74, 6) is -1.09. The monoisotopic (exact) mass is 315 g/mol. The third-order valence-corrected chi connectivity index (χ3v) is 3.59. The lowest BCUT2D eigenvalue weighted by atomic mass is 10.3. The van der Waals surface area contributed by atoms with Gasteiger partial charge in [0.2, 0.25) is 5.16 Å². The van der Waals surface area contributed by atoms with Crippen molar-refractivity contribution >= 4 is 35.0 Å². The summed E-state index contributed by atoms with van der Waals surface area (Å²) < 4.78 is 1.09. The van der Waals surface area contributed by atoms with E-state index < -0.39 is 10.9 Å². The normalized spacial score (nSPS) is 10.4. The molecule has 1 heterocycles. The molecule has 0 spiro atoms. The van der Waals surface area contributed by atoms with Gasteiger partial charge >= 0.3 is 5.97 Å². The number of aliphatic carboxylic acids is 1. The molecule has 0 bridgehead atoms. The van der Waals surface area contributed by atoms with Gasteiger partial charge in [-0.2, -0.15) is 0 Å². The minimum absolute atomic E-state index is 0.135. The second-order valence-electron chi connectivity index (χ2n) is 3.49. The van der Waals surface area contributed by atoms with Crippen molar-refractivity contribution in [2.75, 3.05) is 0 Å². The predicted molar refractivity (Wildman–Crippen MR) is 67.7 cm³/mol. The van der Waals surface area contributed by atoms with Crippen LogP contribution in [0, 0.1) is 10.1 Å². The molecule has 0 radical (unpaired) electrons. The summed E-state index contributed by atoms with van der Waals surface area (Å²) in [7, 11) is 0. The van der Waals surface area contributed by atoms with Crippen LogP contribution in [0.15, 0.2) is 28.3 Å². The predicted octanol–water partition coefficient (Wildman–Crippen LogP) is 1.47. The van der Waals surface area contributed by atoms with Crippen LogP contribution in [0.4, 0.5) is 5.69 Å². The van der Waals surface area contributed by atoms with Crippen molar-refractivity contribution in [3.8, 4) is 0 Å². The van der Waals surface area contributed by atoms with E-state index in [9.17, 15) is 14.9 Å². The molecule has 0 unspecified atom stereocenters. The second kappa shape index (κ2) is 5.84. The summed E-state index contributed by atoms with van der Waals surface area (Å²) in [6.07, 6.45) is 0. The second-order valence-corrected chi connectivity index (χ2v) is 4.90. The molecule has 2 aromatic rings. The van der Waals surface area contributed by atoms with Gasteiger partial charge < -0.3 is 5.11 Å². The van der Waals surface area contributed by atoms with Crippen LogP contribution in [-0.2, 0) is 11.3 Å². The van der Waals surface area contributed by atoms with Gasteiger partial charge in [0.1, 0.15) is 6.54 Å². The Hall–Kier alpha value is -2.20. The molecular weight excluding hydrogens is 310 g/mol. The van der Waals surface area contributed by atoms with Crippen LogP contribution in [0.2, 0.25) is 5.02 Å². The highest BCUT2D eigenvalue weighted by Crippen LogP contribution is 2.33. The Morgan fingerprint density at radius 3 is 2.90 bits per heavy atom. The Balaban J connectivity index is 2.24. The average Bonchev–Trinajstić information content (AvgIpc) is 2.78. The van der Waals surface area contributed by atoms with E-state index >= 15 is 0 Å². The zero-order valence-corrected chi connectivity index (χ0v) is 11.2. The molecule has 0 amide bonds. The van der Waals surface area contributed by atoms with Crippen LogP contribution in [0.25, 0.3) is 0 Å². The van der Waals surface area contributed by atoms with E-state index in [0.29, 0.717) is 4.90 Å². The number of non-ortho nitro benzene ring substituents is 1. The molecule has 1 N–H and O–H groups in total. The van der Waals surface area contributed by atoms with E-state index in [1.165, 1.54) is 18.2 Å². The molecule has 20 heavy (non-hydrogen) atoms. The van der Waals surface area contributed by atoms with Crippen LogP contribution in [0.3, 0.4) is 0 Å². The quantitative estimate of drug-likeness (QED) is 0.649. The number of halogens is 1. The molecule has 9 nitrogen and oxygen atoms in total. The van der Waals surface area contributed by atoms with Crippen molar-refractivity contribution in [2.45, 2.75) is 16.6 Å². The minimum atomic E-state index is -1.09. The third kappa shape index (κ3) is 3.22. The van der Waals surface area contributed by atoms with Crippen molar-refractivity contribution in [1.82, 2.24) is 20.2 Å². The summed E-state index contributed by atoms with van der Waals surface area (Å²) in [6, 6.07) is 3.94. The maximum absolute atomic E-state index is 10.6. The topological polar surface area (TPSA) is 124 Å². The number of carboxylic acid groups (broad SMARTS) is 1. The summed E-state index contributed by atoms with van der Waals surface area (Å²) in [5, 5.41) is 30.3. The Morgan fingerprint density at radius 2 is 2.30 bits per heavy atom. The first-order valence-corrected chi connectivity index (χ1v) is 6.26. The molecule has 0 fully saturated rings. The maximum Gasteiger partial charge on any atom is 0.325 e. The van der Waals surface area contributed by atoms with Gasteiger partial charge in [0.25, 0.3) is 5.69 Å². The van der Waals surface area contributed by atoms with Crippen molar-refractivity contribution in [3.05, 3.63) is 33.3 Å². The summed E-state index contributed by atoms with van der Waals surface area (Å²) in [5.41, 5.74) is -0.135. The number of nitro benzene ring substituents is 1. The van der Waals surface area contributed by atoms with Gasteiger partial charge in [-0.15, -0.1) is 5.10 Å². The number of hydrogen-bond acceptors (Lipinski definition) is 7. The van der Waals surface area contributed by atoms with Crippen molar-refractivity contribution in [2.24, 2.45) is 0 Å². The average molecular weight is 316 g/mol. The van der Waals surface area contributed by atoms with Gasteiger partial charge in [-0.3, -0.25) is 14.9 Å². The highest BCUT2D eigenvalue weighted by Gasteiger charge is 2.15. The number of tetrazole rings is 1. The first-order valence-electron chi connectivity index (χ1n) is 5.07. The SMILES string of the molecule is O=C(O)Cn1nnnc1Sc1ccc([N+](=O)[O-])cc1Cl. The lowest BCUT2D eigenvalue weighted by Crippen LogP contribution is -2.11. The molecule has 0 atom stereocenters. The highest BCUT2D eigenvalue weighted by molar-refractivity contribution is 7.99. The molecule has 104 valence electrons. The molecule has 1 aromatic heterocycles. The molecule has 11 heteroatoms. The molecule has 1 aromatic carbocycles. The number of nitro groups is 1. The smallest absolute Gasteiger partial charge is 0.325 e. The van der Waals surface area contributed by atoms with Crippen molar-refractivity contribution in [3.63, 3.8) is 0 Å². The Kier molecular flexibility index (Phi) is 4.15. The fourth-order valence-electron chi connectivity index (χ4n) is 1.28. The van der Waals surface area contributed by atoms with Crippen LogP contribution >= 0.6 is 23.4 Å². The Labute approximate surface area is 120 Å². The van der Waals surface area contributed by atoms with E-state index in [-0.39, 0.29) is 22.4 Å². The van der Waals surface area contributed by atoms with Crippen molar-refractivity contribution in [1.29, 1.82) is 0 Å². The van der Waals surface area contributed by atoms with Gasteiger partial charge in [0, 0.05) is 17.0 Å². The highest BCUT2D eigenvalue weighted by atomic mass is 35.5. The fourth-order valence-corrected chi connectivity index (χ4v) is 2.34. The number of carboxylic acids is 1. The van der Waals surface area contributed by atoms with Crippen LogP contribution in [0.1, 0.15) is 0 Å². The van der Waals surface area contributed by atoms with Gasteiger partial charge in [0.15, 0.2) is 0 Å². The zero-order valence-electron chi connectivity index (χ0n) is 9.63. The zero-order chi connectivity index (χ0) is 14.7. The van der Waals surface area contributed by atoms with E-state index in [0.717, 1.165) is 16.4 Å². The van der Waals surface area contributed by atoms with Crippen molar-refractivity contribution < 1.29 is 14.8 Å². The summed E-state index contributed by atoms with van der Waals surface area (Å²) in [4.78, 5) is 21.2. The number of carbonyl (C=O) groups is 1. The van der Waals surface area contributed by atoms with Crippen LogP contribution in [0.5, 0.6) is 0 Å². The van der Waals surface area contributed by atoms with Gasteiger partial charge in [-0.1, -0.05) is 11.6 Å². The van der Waals surface area contributed by atoms with Gasteiger partial charge in [0.05, 0.1) is 9.95 Å². The van der Waals surface area contributed by atoms with E-state index in [1.54, 1.807) is 0 Å². The van der Waals surface area contributed by atoms with Crippen LogP contribution in [-0.4, -0.2) is 36.2 Å². The first kappa shape index (κ1) is 14.2. The molecule has 0 aliphatic rings. The molecule has 2 rings (SSSR count). The standard InChI is InChI=1S/C9H6ClN5O4S/c10-6-3-5(15(18)19)1-2-7(6)20-9-11-12-13-14(9)4-8(16)17/h1-3H,4H2,(H,16,17). The molecule has 0 aliphatic heterocycles. The maximum atomic E-state index is 10.6. The van der Waals surface area contributed by atoms with Crippen LogP contribution < -0.4 is 0 Å². The molecule has 0 aliphatic carbocycles. The number of aromatic nitrogens is 4. The van der Waals surface area contributed by atoms with E-state index in [1.807, 2.05) is 0 Å². The number of nitrogens with zero attached hydrogens (tertiary/aromatic N) is 5. The largest absolute Gasteiger partial charge is 0.480 e. The van der Waals surface area contributed by atoms with E-state index in [4.69, 9.17) is 16.7 Å². The Morgan fingerprint density at radius 1 is 1.55 bits per heavy atom. The lowest BCUT2D eigenvalue weighted by Gasteiger charge is -2.03. The fraction of sp³-hybridized carbons (Fsp3) is 0.111. The summed E-state index contributed by atoms with van der Waals surface area (Å²) in [6.45, 7) is -0.389.